The Morgan fingerprint density at radius 3 is 2.41 bits per heavy atom. The van der Waals surface area contributed by atoms with E-state index in [-0.39, 0.29) is 11.9 Å². The zero-order valence-corrected chi connectivity index (χ0v) is 13.2. The van der Waals surface area contributed by atoms with Crippen molar-refractivity contribution >= 4 is 0 Å². The van der Waals surface area contributed by atoms with E-state index in [4.69, 9.17) is 5.73 Å². The lowest BCUT2D eigenvalue weighted by Gasteiger charge is -2.42. The van der Waals surface area contributed by atoms with Crippen LogP contribution in [0.1, 0.15) is 30.5 Å². The summed E-state index contributed by atoms with van der Waals surface area (Å²) in [6, 6.07) is 15.3. The topological polar surface area (TPSA) is 29.3 Å². The van der Waals surface area contributed by atoms with E-state index in [0.29, 0.717) is 0 Å². The average Bonchev–Trinajstić information content (AvgIpc) is 2.54. The fourth-order valence-electron chi connectivity index (χ4n) is 3.28. The van der Waals surface area contributed by atoms with Gasteiger partial charge in [-0.05, 0) is 49.1 Å². The van der Waals surface area contributed by atoms with E-state index >= 15 is 0 Å². The molecule has 3 heteroatoms. The molecule has 22 heavy (non-hydrogen) atoms. The molecule has 2 N–H and O–H groups in total. The van der Waals surface area contributed by atoms with E-state index in [9.17, 15) is 4.39 Å². The van der Waals surface area contributed by atoms with Gasteiger partial charge in [-0.2, -0.15) is 0 Å². The molecule has 0 saturated heterocycles. The second-order valence-electron chi connectivity index (χ2n) is 6.45. The predicted molar refractivity (Wildman–Crippen MR) is 88.0 cm³/mol. The zero-order chi connectivity index (χ0) is 15.7. The quantitative estimate of drug-likeness (QED) is 0.940. The monoisotopic (exact) mass is 298 g/mol. The van der Waals surface area contributed by atoms with Crippen molar-refractivity contribution in [3.63, 3.8) is 0 Å². The molecule has 1 aliphatic rings. The molecule has 0 amide bonds. The van der Waals surface area contributed by atoms with Crippen LogP contribution in [0.15, 0.2) is 48.5 Å². The summed E-state index contributed by atoms with van der Waals surface area (Å²) in [7, 11) is 0. The summed E-state index contributed by atoms with van der Waals surface area (Å²) in [5, 5.41) is 0. The Morgan fingerprint density at radius 2 is 1.73 bits per heavy atom. The van der Waals surface area contributed by atoms with Crippen LogP contribution in [0.4, 0.5) is 4.39 Å². The molecule has 2 unspecified atom stereocenters. The molecule has 0 aromatic heterocycles. The van der Waals surface area contributed by atoms with Crippen molar-refractivity contribution in [1.82, 2.24) is 4.90 Å². The molecule has 116 valence electrons. The number of halogens is 1. The lowest BCUT2D eigenvalue weighted by Crippen LogP contribution is -2.54. The van der Waals surface area contributed by atoms with E-state index < -0.39 is 5.54 Å². The fraction of sp³-hybridized carbons (Fsp3) is 0.368. The first-order valence-electron chi connectivity index (χ1n) is 7.84. The van der Waals surface area contributed by atoms with Gasteiger partial charge in [0.15, 0.2) is 0 Å². The van der Waals surface area contributed by atoms with E-state index in [1.54, 1.807) is 12.1 Å². The molecule has 2 nitrogen and oxygen atoms in total. The summed E-state index contributed by atoms with van der Waals surface area (Å²) in [5.74, 6) is -0.223. The van der Waals surface area contributed by atoms with Crippen molar-refractivity contribution in [3.8, 4) is 0 Å². The number of nitrogens with two attached hydrogens (primary N) is 1. The molecule has 0 bridgehead atoms. The lowest BCUT2D eigenvalue weighted by molar-refractivity contribution is 0.126. The van der Waals surface area contributed by atoms with Crippen molar-refractivity contribution in [2.75, 3.05) is 6.54 Å². The van der Waals surface area contributed by atoms with Crippen LogP contribution in [0, 0.1) is 5.82 Å². The second kappa shape index (κ2) is 5.82. The minimum Gasteiger partial charge on any atom is -0.320 e. The van der Waals surface area contributed by atoms with Gasteiger partial charge in [-0.1, -0.05) is 36.4 Å². The van der Waals surface area contributed by atoms with Gasteiger partial charge in [0.05, 0.1) is 5.54 Å². The zero-order valence-electron chi connectivity index (χ0n) is 13.2. The third-order valence-corrected chi connectivity index (χ3v) is 5.04. The third-order valence-electron chi connectivity index (χ3n) is 5.04. The minimum absolute atomic E-state index is 0.173. The Kier molecular flexibility index (Phi) is 4.02. The average molecular weight is 298 g/mol. The summed E-state index contributed by atoms with van der Waals surface area (Å²) >= 11 is 0. The van der Waals surface area contributed by atoms with Crippen molar-refractivity contribution in [3.05, 3.63) is 71.0 Å². The van der Waals surface area contributed by atoms with Gasteiger partial charge < -0.3 is 5.73 Å². The Labute approximate surface area is 131 Å². The number of hydrogen-bond acceptors (Lipinski definition) is 2. The molecule has 2 atom stereocenters. The maximum Gasteiger partial charge on any atom is 0.123 e. The third kappa shape index (κ3) is 2.79. The van der Waals surface area contributed by atoms with E-state index in [2.05, 4.69) is 36.1 Å². The van der Waals surface area contributed by atoms with E-state index in [1.165, 1.54) is 23.3 Å². The summed E-state index contributed by atoms with van der Waals surface area (Å²) in [5.41, 5.74) is 9.90. The minimum atomic E-state index is -0.514. The summed E-state index contributed by atoms with van der Waals surface area (Å²) in [6.07, 6.45) is 1.06. The highest BCUT2D eigenvalue weighted by Gasteiger charge is 2.34. The first-order valence-corrected chi connectivity index (χ1v) is 7.84. The van der Waals surface area contributed by atoms with Gasteiger partial charge in [0, 0.05) is 19.1 Å². The van der Waals surface area contributed by atoms with E-state index in [0.717, 1.165) is 25.1 Å². The van der Waals surface area contributed by atoms with Crippen LogP contribution in [-0.2, 0) is 18.5 Å². The van der Waals surface area contributed by atoms with Gasteiger partial charge in [0.25, 0.3) is 0 Å². The molecule has 0 saturated carbocycles. The summed E-state index contributed by atoms with van der Waals surface area (Å²) in [6.45, 7) is 6.13. The van der Waals surface area contributed by atoms with Crippen LogP contribution in [-0.4, -0.2) is 17.5 Å². The van der Waals surface area contributed by atoms with E-state index in [1.807, 2.05) is 6.92 Å². The number of nitrogens with zero attached hydrogens (tertiary/aromatic N) is 1. The molecule has 2 aromatic rings. The van der Waals surface area contributed by atoms with Crippen molar-refractivity contribution in [2.45, 2.75) is 38.4 Å². The predicted octanol–water partition coefficient (Wildman–Crippen LogP) is 3.45. The Balaban J connectivity index is 1.81. The SMILES string of the molecule is CC(N1CCc2ccccc2C1)C(C)(N)c1ccc(F)cc1. The molecule has 3 rings (SSSR count). The molecule has 1 aliphatic heterocycles. The van der Waals surface area contributed by atoms with Crippen LogP contribution < -0.4 is 5.73 Å². The van der Waals surface area contributed by atoms with Gasteiger partial charge in [0.1, 0.15) is 5.82 Å². The number of fused-ring (bicyclic) bond motifs is 1. The van der Waals surface area contributed by atoms with Gasteiger partial charge in [-0.25, -0.2) is 4.39 Å². The molecule has 0 aliphatic carbocycles. The molecular formula is C19H23FN2. The first-order chi connectivity index (χ1) is 10.5. The summed E-state index contributed by atoms with van der Waals surface area (Å²) in [4.78, 5) is 2.42. The fourth-order valence-corrected chi connectivity index (χ4v) is 3.28. The van der Waals surface area contributed by atoms with Crippen LogP contribution in [0.5, 0.6) is 0 Å². The standard InChI is InChI=1S/C19H23FN2/c1-14(19(2,21)17-7-9-18(20)10-8-17)22-12-11-15-5-3-4-6-16(15)13-22/h3-10,14H,11-13,21H2,1-2H3. The van der Waals surface area contributed by atoms with Crippen LogP contribution >= 0.6 is 0 Å². The highest BCUT2D eigenvalue weighted by atomic mass is 19.1. The van der Waals surface area contributed by atoms with Crippen LogP contribution in [0.3, 0.4) is 0 Å². The number of rotatable bonds is 3. The van der Waals surface area contributed by atoms with Crippen molar-refractivity contribution in [1.29, 1.82) is 0 Å². The molecule has 0 fully saturated rings. The Hall–Kier alpha value is -1.71. The smallest absolute Gasteiger partial charge is 0.123 e. The lowest BCUT2D eigenvalue weighted by atomic mass is 9.84. The molecule has 2 aromatic carbocycles. The molecule has 0 spiro atoms. The Morgan fingerprint density at radius 1 is 1.09 bits per heavy atom. The normalized spacial score (nSPS) is 19.3. The summed E-state index contributed by atoms with van der Waals surface area (Å²) < 4.78 is 13.1. The maximum atomic E-state index is 13.1. The van der Waals surface area contributed by atoms with Crippen LogP contribution in [0.25, 0.3) is 0 Å². The van der Waals surface area contributed by atoms with Gasteiger partial charge in [0.2, 0.25) is 0 Å². The number of benzene rings is 2. The molecule has 1 heterocycles. The van der Waals surface area contributed by atoms with Gasteiger partial charge >= 0.3 is 0 Å². The molecular weight excluding hydrogens is 275 g/mol. The van der Waals surface area contributed by atoms with Gasteiger partial charge in [-0.3, -0.25) is 4.90 Å². The van der Waals surface area contributed by atoms with Crippen LogP contribution in [0.2, 0.25) is 0 Å². The highest BCUT2D eigenvalue weighted by Crippen LogP contribution is 2.29. The van der Waals surface area contributed by atoms with Gasteiger partial charge in [-0.15, -0.1) is 0 Å². The number of hydrogen-bond donors (Lipinski definition) is 1. The van der Waals surface area contributed by atoms with Crippen molar-refractivity contribution < 1.29 is 4.39 Å². The second-order valence-corrected chi connectivity index (χ2v) is 6.45. The largest absolute Gasteiger partial charge is 0.320 e. The van der Waals surface area contributed by atoms with Crippen molar-refractivity contribution in [2.24, 2.45) is 5.73 Å². The maximum absolute atomic E-state index is 13.1. The highest BCUT2D eigenvalue weighted by molar-refractivity contribution is 5.30. The Bertz CT molecular complexity index is 649. The first kappa shape index (κ1) is 15.2. The molecule has 0 radical (unpaired) electrons.